The first-order valence-electron chi connectivity index (χ1n) is 5.47. The minimum atomic E-state index is -0.667. The van der Waals surface area contributed by atoms with Crippen LogP contribution < -0.4 is 5.32 Å². The van der Waals surface area contributed by atoms with E-state index in [1.807, 2.05) is 0 Å². The number of nitrogens with zero attached hydrogens (tertiary/aromatic N) is 4. The highest BCUT2D eigenvalue weighted by Gasteiger charge is 2.23. The van der Waals surface area contributed by atoms with Crippen LogP contribution in [0.1, 0.15) is 29.1 Å². The van der Waals surface area contributed by atoms with E-state index in [9.17, 15) is 14.9 Å². The molecule has 0 aliphatic rings. The van der Waals surface area contributed by atoms with Crippen LogP contribution in [0.25, 0.3) is 0 Å². The normalized spacial score (nSPS) is 11.9. The predicted molar refractivity (Wildman–Crippen MR) is 68.2 cm³/mol. The summed E-state index contributed by atoms with van der Waals surface area (Å²) in [7, 11) is 0. The third kappa shape index (κ3) is 2.88. The standard InChI is InChI=1S/C10H9ClN6O3/c1-5(9-13-15-16-14-9)12-10(18)7-3-2-6(11)4-8(7)17(19)20/h2-5H,1H3,(H,12,18)(H,13,14,15,16). The largest absolute Gasteiger partial charge is 0.342 e. The molecule has 1 unspecified atom stereocenters. The Morgan fingerprint density at radius 1 is 1.55 bits per heavy atom. The first-order valence-corrected chi connectivity index (χ1v) is 5.85. The smallest absolute Gasteiger partial charge is 0.283 e. The van der Waals surface area contributed by atoms with Gasteiger partial charge in [0.25, 0.3) is 11.6 Å². The van der Waals surface area contributed by atoms with Crippen LogP contribution in [0, 0.1) is 10.1 Å². The van der Waals surface area contributed by atoms with E-state index in [-0.39, 0.29) is 22.1 Å². The Bertz CT molecular complexity index is 644. The van der Waals surface area contributed by atoms with Crippen molar-refractivity contribution in [2.45, 2.75) is 13.0 Å². The maximum Gasteiger partial charge on any atom is 0.283 e. The maximum atomic E-state index is 12.0. The molecule has 0 aliphatic heterocycles. The summed E-state index contributed by atoms with van der Waals surface area (Å²) < 4.78 is 0. The average Bonchev–Trinajstić information content (AvgIpc) is 2.92. The molecule has 104 valence electrons. The van der Waals surface area contributed by atoms with Gasteiger partial charge in [0.1, 0.15) is 5.56 Å². The second kappa shape index (κ2) is 5.61. The van der Waals surface area contributed by atoms with Crippen LogP contribution in [-0.4, -0.2) is 31.5 Å². The first kappa shape index (κ1) is 13.9. The highest BCUT2D eigenvalue weighted by molar-refractivity contribution is 6.31. The van der Waals surface area contributed by atoms with Gasteiger partial charge in [-0.05, 0) is 19.1 Å². The van der Waals surface area contributed by atoms with Crippen LogP contribution in [0.2, 0.25) is 5.02 Å². The summed E-state index contributed by atoms with van der Waals surface area (Å²) in [6.45, 7) is 1.63. The van der Waals surface area contributed by atoms with E-state index in [1.165, 1.54) is 12.1 Å². The molecule has 20 heavy (non-hydrogen) atoms. The fourth-order valence-corrected chi connectivity index (χ4v) is 1.71. The second-order valence-corrected chi connectivity index (χ2v) is 4.32. The van der Waals surface area contributed by atoms with Gasteiger partial charge in [0.05, 0.1) is 11.0 Å². The van der Waals surface area contributed by atoms with Gasteiger partial charge in [0.2, 0.25) is 0 Å². The van der Waals surface area contributed by atoms with Gasteiger partial charge in [-0.3, -0.25) is 14.9 Å². The molecule has 1 atom stereocenters. The Morgan fingerprint density at radius 2 is 2.30 bits per heavy atom. The zero-order valence-electron chi connectivity index (χ0n) is 10.2. The Kier molecular flexibility index (Phi) is 3.89. The number of tetrazole rings is 1. The van der Waals surface area contributed by atoms with Crippen molar-refractivity contribution < 1.29 is 9.72 Å². The number of nitro benzene ring substituents is 1. The molecule has 2 rings (SSSR count). The Morgan fingerprint density at radius 3 is 2.90 bits per heavy atom. The van der Waals surface area contributed by atoms with E-state index < -0.39 is 16.9 Å². The summed E-state index contributed by atoms with van der Waals surface area (Å²) >= 11 is 5.68. The lowest BCUT2D eigenvalue weighted by atomic mass is 10.1. The summed E-state index contributed by atoms with van der Waals surface area (Å²) in [5.41, 5.74) is -0.454. The van der Waals surface area contributed by atoms with Crippen molar-refractivity contribution in [2.24, 2.45) is 0 Å². The summed E-state index contributed by atoms with van der Waals surface area (Å²) in [6.07, 6.45) is 0. The van der Waals surface area contributed by atoms with Crippen LogP contribution in [0.5, 0.6) is 0 Å². The van der Waals surface area contributed by atoms with Gasteiger partial charge in [-0.25, -0.2) is 0 Å². The average molecular weight is 297 g/mol. The first-order chi connectivity index (χ1) is 9.49. The van der Waals surface area contributed by atoms with E-state index in [4.69, 9.17) is 11.6 Å². The highest BCUT2D eigenvalue weighted by atomic mass is 35.5. The minimum absolute atomic E-state index is 0.0882. The maximum absolute atomic E-state index is 12.0. The van der Waals surface area contributed by atoms with Gasteiger partial charge in [-0.1, -0.05) is 16.8 Å². The number of carbonyl (C=O) groups excluding carboxylic acids is 1. The third-order valence-electron chi connectivity index (χ3n) is 2.50. The summed E-state index contributed by atoms with van der Waals surface area (Å²) in [5.74, 6) is -0.347. The molecule has 1 aromatic heterocycles. The van der Waals surface area contributed by atoms with Crippen LogP contribution in [0.3, 0.4) is 0 Å². The Balaban J connectivity index is 2.23. The van der Waals surface area contributed by atoms with E-state index >= 15 is 0 Å². The summed E-state index contributed by atoms with van der Waals surface area (Å²) in [6, 6.07) is 3.27. The van der Waals surface area contributed by atoms with E-state index in [2.05, 4.69) is 25.9 Å². The van der Waals surface area contributed by atoms with Crippen molar-refractivity contribution in [2.75, 3.05) is 0 Å². The number of benzene rings is 1. The lowest BCUT2D eigenvalue weighted by Crippen LogP contribution is -2.28. The Labute approximate surface area is 117 Å². The number of aromatic amines is 1. The van der Waals surface area contributed by atoms with E-state index in [1.54, 1.807) is 6.92 Å². The Hall–Kier alpha value is -2.55. The van der Waals surface area contributed by atoms with Crippen molar-refractivity contribution >= 4 is 23.2 Å². The number of nitro groups is 1. The van der Waals surface area contributed by atoms with E-state index in [0.29, 0.717) is 0 Å². The van der Waals surface area contributed by atoms with Crippen LogP contribution in [0.4, 0.5) is 5.69 Å². The van der Waals surface area contributed by atoms with Crippen molar-refractivity contribution in [3.05, 3.63) is 44.7 Å². The summed E-state index contributed by atoms with van der Waals surface area (Å²) in [5, 5.41) is 26.7. The SMILES string of the molecule is CC(NC(=O)c1ccc(Cl)cc1[N+](=O)[O-])c1nn[nH]n1. The molecule has 9 nitrogen and oxygen atoms in total. The molecule has 0 spiro atoms. The molecule has 1 aromatic carbocycles. The number of hydrogen-bond acceptors (Lipinski definition) is 6. The van der Waals surface area contributed by atoms with Gasteiger partial charge >= 0.3 is 0 Å². The van der Waals surface area contributed by atoms with Crippen LogP contribution in [-0.2, 0) is 0 Å². The number of H-pyrrole nitrogens is 1. The van der Waals surface area contributed by atoms with Gasteiger partial charge < -0.3 is 5.32 Å². The van der Waals surface area contributed by atoms with Crippen LogP contribution >= 0.6 is 11.6 Å². The van der Waals surface area contributed by atoms with Crippen molar-refractivity contribution in [1.29, 1.82) is 0 Å². The molecular formula is C10H9ClN6O3. The number of carbonyl (C=O) groups is 1. The number of nitrogens with one attached hydrogen (secondary N) is 2. The zero-order chi connectivity index (χ0) is 14.7. The zero-order valence-corrected chi connectivity index (χ0v) is 11.0. The molecular weight excluding hydrogens is 288 g/mol. The van der Waals surface area contributed by atoms with Crippen molar-refractivity contribution in [1.82, 2.24) is 25.9 Å². The monoisotopic (exact) mass is 296 g/mol. The number of amides is 1. The van der Waals surface area contributed by atoms with Crippen molar-refractivity contribution in [3.8, 4) is 0 Å². The lowest BCUT2D eigenvalue weighted by Gasteiger charge is -2.10. The number of rotatable bonds is 4. The molecule has 1 amide bonds. The number of halogens is 1. The van der Waals surface area contributed by atoms with Gasteiger partial charge in [-0.15, -0.1) is 10.2 Å². The highest BCUT2D eigenvalue weighted by Crippen LogP contribution is 2.23. The van der Waals surface area contributed by atoms with Gasteiger partial charge in [-0.2, -0.15) is 5.21 Å². The molecule has 0 saturated carbocycles. The lowest BCUT2D eigenvalue weighted by molar-refractivity contribution is -0.385. The second-order valence-electron chi connectivity index (χ2n) is 3.88. The minimum Gasteiger partial charge on any atom is -0.342 e. The molecule has 0 radical (unpaired) electrons. The number of aromatic nitrogens is 4. The third-order valence-corrected chi connectivity index (χ3v) is 2.73. The number of hydrogen-bond donors (Lipinski definition) is 2. The van der Waals surface area contributed by atoms with Gasteiger partial charge in [0, 0.05) is 11.1 Å². The molecule has 2 aromatic rings. The fourth-order valence-electron chi connectivity index (χ4n) is 1.54. The van der Waals surface area contributed by atoms with Crippen LogP contribution in [0.15, 0.2) is 18.2 Å². The van der Waals surface area contributed by atoms with Gasteiger partial charge in [0.15, 0.2) is 5.82 Å². The van der Waals surface area contributed by atoms with Crippen molar-refractivity contribution in [3.63, 3.8) is 0 Å². The molecule has 10 heteroatoms. The molecule has 0 fully saturated rings. The predicted octanol–water partition coefficient (Wildman–Crippen LogP) is 1.25. The molecule has 0 aliphatic carbocycles. The molecule has 2 N–H and O–H groups in total. The molecule has 0 bridgehead atoms. The quantitative estimate of drug-likeness (QED) is 0.645. The molecule has 1 heterocycles. The fraction of sp³-hybridized carbons (Fsp3) is 0.200. The molecule has 0 saturated heterocycles. The topological polar surface area (TPSA) is 127 Å². The summed E-state index contributed by atoms with van der Waals surface area (Å²) in [4.78, 5) is 22.3. The van der Waals surface area contributed by atoms with E-state index in [0.717, 1.165) is 6.07 Å².